The summed E-state index contributed by atoms with van der Waals surface area (Å²) in [6.07, 6.45) is -4.58. The van der Waals surface area contributed by atoms with Crippen LogP contribution in [0.2, 0.25) is 0 Å². The van der Waals surface area contributed by atoms with E-state index in [9.17, 15) is 27.2 Å². The number of hydrogen-bond acceptors (Lipinski definition) is 6. The minimum absolute atomic E-state index is 0.0383. The molecule has 2 heterocycles. The largest absolute Gasteiger partial charge is 0.405 e. The fourth-order valence-electron chi connectivity index (χ4n) is 2.50. The van der Waals surface area contributed by atoms with Crippen molar-refractivity contribution in [2.75, 3.05) is 11.9 Å². The molecule has 154 valence electrons. The van der Waals surface area contributed by atoms with E-state index in [2.05, 4.69) is 15.4 Å². The predicted molar refractivity (Wildman–Crippen MR) is 98.7 cm³/mol. The zero-order valence-electron chi connectivity index (χ0n) is 15.2. The van der Waals surface area contributed by atoms with E-state index in [0.717, 1.165) is 6.07 Å². The van der Waals surface area contributed by atoms with Crippen LogP contribution in [-0.4, -0.2) is 33.2 Å². The Morgan fingerprint density at radius 1 is 1.24 bits per heavy atom. The lowest BCUT2D eigenvalue weighted by Crippen LogP contribution is -2.33. The number of carbonyl (C=O) groups is 1. The second-order valence-electron chi connectivity index (χ2n) is 6.18. The van der Waals surface area contributed by atoms with Crippen molar-refractivity contribution in [1.29, 1.82) is 0 Å². The topological polar surface area (TPSA) is 88.4 Å². The van der Waals surface area contributed by atoms with Gasteiger partial charge in [-0.15, -0.1) is 0 Å². The number of benzene rings is 1. The average Bonchev–Trinajstić information content (AvgIpc) is 3.01. The molecule has 0 aliphatic heterocycles. The number of aromatic nitrogens is 3. The van der Waals surface area contributed by atoms with Crippen LogP contribution in [0.5, 0.6) is 0 Å². The fraction of sp³-hybridized carbons (Fsp3) is 0.294. The zero-order valence-corrected chi connectivity index (χ0v) is 16.0. The number of carbonyl (C=O) groups excluding carboxylic acids is 1. The number of rotatable bonds is 5. The van der Waals surface area contributed by atoms with Crippen molar-refractivity contribution in [2.45, 2.75) is 26.6 Å². The molecule has 12 heteroatoms. The summed E-state index contributed by atoms with van der Waals surface area (Å²) in [5.74, 6) is -1.81. The second kappa shape index (κ2) is 7.78. The van der Waals surface area contributed by atoms with Gasteiger partial charge in [0.15, 0.2) is 0 Å². The smallest absolute Gasteiger partial charge is 0.379 e. The molecule has 0 fully saturated rings. The monoisotopic (exact) mass is 429 g/mol. The number of fused-ring (bicyclic) bond motifs is 1. The maximum absolute atomic E-state index is 14.2. The van der Waals surface area contributed by atoms with Crippen LogP contribution < -0.4 is 16.2 Å². The van der Waals surface area contributed by atoms with Gasteiger partial charge in [0.05, 0.1) is 12.2 Å². The predicted octanol–water partition coefficient (Wildman–Crippen LogP) is 2.81. The standard InChI is InChI=1S/C17H15F4N5O2S/c1-8-12(18)3-10(15(28)23-7-17(19,20)21)4-13(8)22-6-11-5-14(27)26-16(24-11)29-9(2)25-26/h3-5,22H,6-7H2,1-2H3,(H,23,28). The van der Waals surface area contributed by atoms with Crippen molar-refractivity contribution in [3.8, 4) is 0 Å². The van der Waals surface area contributed by atoms with E-state index in [1.54, 1.807) is 12.2 Å². The first kappa shape index (κ1) is 20.7. The zero-order chi connectivity index (χ0) is 21.3. The second-order valence-corrected chi connectivity index (χ2v) is 7.34. The molecule has 0 atom stereocenters. The van der Waals surface area contributed by atoms with Crippen molar-refractivity contribution >= 4 is 27.9 Å². The van der Waals surface area contributed by atoms with Crippen molar-refractivity contribution in [3.05, 3.63) is 56.2 Å². The van der Waals surface area contributed by atoms with Crippen LogP contribution in [0, 0.1) is 19.7 Å². The van der Waals surface area contributed by atoms with E-state index in [4.69, 9.17) is 0 Å². The number of nitrogens with zero attached hydrogens (tertiary/aromatic N) is 3. The lowest BCUT2D eigenvalue weighted by atomic mass is 10.1. The third-order valence-electron chi connectivity index (χ3n) is 3.91. The molecule has 1 amide bonds. The van der Waals surface area contributed by atoms with Gasteiger partial charge in [-0.05, 0) is 26.0 Å². The molecule has 0 unspecified atom stereocenters. The lowest BCUT2D eigenvalue weighted by Gasteiger charge is -2.13. The summed E-state index contributed by atoms with van der Waals surface area (Å²) >= 11 is 1.23. The van der Waals surface area contributed by atoms with Gasteiger partial charge in [0.1, 0.15) is 17.4 Å². The maximum atomic E-state index is 14.2. The Bertz CT molecular complexity index is 1140. The number of hydrogen-bond donors (Lipinski definition) is 2. The van der Waals surface area contributed by atoms with Gasteiger partial charge in [-0.1, -0.05) is 11.3 Å². The SMILES string of the molecule is Cc1nn2c(=O)cc(CNc3cc(C(=O)NCC(F)(F)F)cc(F)c3C)nc2s1. The van der Waals surface area contributed by atoms with Crippen molar-refractivity contribution < 1.29 is 22.4 Å². The van der Waals surface area contributed by atoms with Crippen LogP contribution in [0.4, 0.5) is 23.2 Å². The Morgan fingerprint density at radius 3 is 2.66 bits per heavy atom. The molecule has 0 radical (unpaired) electrons. The summed E-state index contributed by atoms with van der Waals surface area (Å²) in [5.41, 5.74) is 0.0968. The highest BCUT2D eigenvalue weighted by Crippen LogP contribution is 2.22. The molecular weight excluding hydrogens is 414 g/mol. The highest BCUT2D eigenvalue weighted by atomic mass is 32.1. The minimum atomic E-state index is -4.58. The molecule has 0 spiro atoms. The van der Waals surface area contributed by atoms with Crippen molar-refractivity contribution in [3.63, 3.8) is 0 Å². The van der Waals surface area contributed by atoms with Gasteiger partial charge < -0.3 is 10.6 Å². The van der Waals surface area contributed by atoms with Crippen LogP contribution in [0.25, 0.3) is 4.96 Å². The number of nitrogens with one attached hydrogen (secondary N) is 2. The highest BCUT2D eigenvalue weighted by molar-refractivity contribution is 7.16. The first-order valence-corrected chi connectivity index (χ1v) is 9.10. The van der Waals surface area contributed by atoms with E-state index in [1.807, 2.05) is 0 Å². The van der Waals surface area contributed by atoms with E-state index in [-0.39, 0.29) is 28.9 Å². The maximum Gasteiger partial charge on any atom is 0.405 e. The molecule has 7 nitrogen and oxygen atoms in total. The van der Waals surface area contributed by atoms with E-state index in [0.29, 0.717) is 15.7 Å². The number of alkyl halides is 3. The third kappa shape index (κ3) is 4.88. The molecule has 0 saturated carbocycles. The van der Waals surface area contributed by atoms with Gasteiger partial charge in [0, 0.05) is 22.9 Å². The van der Waals surface area contributed by atoms with Crippen LogP contribution in [0.15, 0.2) is 23.0 Å². The van der Waals surface area contributed by atoms with Crippen LogP contribution in [-0.2, 0) is 6.54 Å². The van der Waals surface area contributed by atoms with Crippen LogP contribution >= 0.6 is 11.3 Å². The Labute approximate surface area is 165 Å². The highest BCUT2D eigenvalue weighted by Gasteiger charge is 2.28. The minimum Gasteiger partial charge on any atom is -0.379 e. The molecule has 2 aromatic heterocycles. The molecule has 0 aliphatic rings. The third-order valence-corrected chi connectivity index (χ3v) is 4.74. The molecule has 29 heavy (non-hydrogen) atoms. The molecule has 1 aromatic carbocycles. The number of anilines is 1. The van der Waals surface area contributed by atoms with Gasteiger partial charge in [0.2, 0.25) is 4.96 Å². The summed E-state index contributed by atoms with van der Waals surface area (Å²) in [4.78, 5) is 28.7. The summed E-state index contributed by atoms with van der Waals surface area (Å²) < 4.78 is 52.1. The summed E-state index contributed by atoms with van der Waals surface area (Å²) in [6, 6.07) is 3.38. The van der Waals surface area contributed by atoms with E-state index < -0.39 is 24.4 Å². The Hall–Kier alpha value is -3.02. The van der Waals surface area contributed by atoms with Gasteiger partial charge in [-0.25, -0.2) is 9.37 Å². The molecular formula is C17H15F4N5O2S. The first-order valence-electron chi connectivity index (χ1n) is 8.29. The molecule has 0 saturated heterocycles. The lowest BCUT2D eigenvalue weighted by molar-refractivity contribution is -0.123. The normalized spacial score (nSPS) is 11.7. The summed E-state index contributed by atoms with van der Waals surface area (Å²) in [7, 11) is 0. The Kier molecular flexibility index (Phi) is 5.55. The van der Waals surface area contributed by atoms with Crippen molar-refractivity contribution in [2.24, 2.45) is 0 Å². The molecule has 3 rings (SSSR count). The Balaban J connectivity index is 1.81. The van der Waals surface area contributed by atoms with Gasteiger partial charge >= 0.3 is 6.18 Å². The number of amides is 1. The fourth-order valence-corrected chi connectivity index (χ4v) is 3.27. The van der Waals surface area contributed by atoms with E-state index >= 15 is 0 Å². The van der Waals surface area contributed by atoms with Gasteiger partial charge in [0.25, 0.3) is 11.5 Å². The van der Waals surface area contributed by atoms with Crippen LogP contribution in [0.3, 0.4) is 0 Å². The molecule has 2 N–H and O–H groups in total. The molecule has 0 bridgehead atoms. The summed E-state index contributed by atoms with van der Waals surface area (Å²) in [6.45, 7) is 1.70. The number of aryl methyl sites for hydroxylation is 1. The number of halogens is 4. The molecule has 0 aliphatic carbocycles. The van der Waals surface area contributed by atoms with E-state index in [1.165, 1.54) is 34.9 Å². The summed E-state index contributed by atoms with van der Waals surface area (Å²) in [5, 5.41) is 9.26. The van der Waals surface area contributed by atoms with Crippen LogP contribution in [0.1, 0.15) is 26.6 Å². The first-order chi connectivity index (χ1) is 13.5. The van der Waals surface area contributed by atoms with Gasteiger partial charge in [-0.3, -0.25) is 9.59 Å². The van der Waals surface area contributed by atoms with Gasteiger partial charge in [-0.2, -0.15) is 22.8 Å². The van der Waals surface area contributed by atoms with Crippen molar-refractivity contribution in [1.82, 2.24) is 19.9 Å². The average molecular weight is 429 g/mol. The Morgan fingerprint density at radius 2 is 1.97 bits per heavy atom. The quantitative estimate of drug-likeness (QED) is 0.609. The molecule has 3 aromatic rings.